The molecular formula is C10H14O3. The Hall–Kier alpha value is -0.120. The highest BCUT2D eigenvalue weighted by Crippen LogP contribution is 2.64. The summed E-state index contributed by atoms with van der Waals surface area (Å²) in [6, 6.07) is 0. The van der Waals surface area contributed by atoms with Crippen molar-refractivity contribution in [1.82, 2.24) is 0 Å². The van der Waals surface area contributed by atoms with Gasteiger partial charge in [0.2, 0.25) is 0 Å². The van der Waals surface area contributed by atoms with E-state index in [-0.39, 0.29) is 6.10 Å². The zero-order valence-corrected chi connectivity index (χ0v) is 7.34. The summed E-state index contributed by atoms with van der Waals surface area (Å²) in [6.07, 6.45) is 1.63. The molecule has 3 heteroatoms. The van der Waals surface area contributed by atoms with Crippen LogP contribution in [-0.4, -0.2) is 34.6 Å². The van der Waals surface area contributed by atoms with Crippen molar-refractivity contribution in [3.63, 3.8) is 0 Å². The lowest BCUT2D eigenvalue weighted by Gasteiger charge is -2.27. The highest BCUT2D eigenvalue weighted by Gasteiger charge is 2.69. The average Bonchev–Trinajstić information content (AvgIpc) is 2.72. The van der Waals surface area contributed by atoms with Crippen LogP contribution in [0.1, 0.15) is 12.8 Å². The van der Waals surface area contributed by atoms with Gasteiger partial charge in [-0.1, -0.05) is 0 Å². The fourth-order valence-corrected chi connectivity index (χ4v) is 4.54. The van der Waals surface area contributed by atoms with Crippen LogP contribution in [0, 0.1) is 23.7 Å². The molecule has 4 rings (SSSR count). The molecule has 0 unspecified atom stereocenters. The lowest BCUT2D eigenvalue weighted by atomic mass is 9.81. The number of fused-ring (bicyclic) bond motifs is 2. The van der Waals surface area contributed by atoms with Crippen LogP contribution in [0.4, 0.5) is 0 Å². The third kappa shape index (κ3) is 0.602. The third-order valence-electron chi connectivity index (χ3n) is 4.86. The lowest BCUT2D eigenvalue weighted by molar-refractivity contribution is -0.0811. The largest absolute Gasteiger partial charge is 0.390 e. The van der Waals surface area contributed by atoms with Crippen molar-refractivity contribution in [2.75, 3.05) is 0 Å². The Kier molecular flexibility index (Phi) is 1.08. The van der Waals surface area contributed by atoms with Gasteiger partial charge in [-0.2, -0.15) is 0 Å². The van der Waals surface area contributed by atoms with Gasteiger partial charge in [-0.05, 0) is 36.5 Å². The van der Waals surface area contributed by atoms with Gasteiger partial charge in [0.05, 0.1) is 18.3 Å². The molecule has 0 aromatic rings. The molecule has 3 nitrogen and oxygen atoms in total. The zero-order chi connectivity index (χ0) is 8.74. The number of aliphatic hydroxyl groups is 2. The molecule has 8 atom stereocenters. The van der Waals surface area contributed by atoms with E-state index in [2.05, 4.69) is 0 Å². The van der Waals surface area contributed by atoms with Crippen molar-refractivity contribution in [3.05, 3.63) is 0 Å². The second-order valence-corrected chi connectivity index (χ2v) is 5.17. The summed E-state index contributed by atoms with van der Waals surface area (Å²) in [4.78, 5) is 0. The lowest BCUT2D eigenvalue weighted by Crippen LogP contribution is -2.36. The van der Waals surface area contributed by atoms with Crippen LogP contribution in [0.3, 0.4) is 0 Å². The first-order valence-corrected chi connectivity index (χ1v) is 5.29. The smallest absolute Gasteiger partial charge is 0.107 e. The number of aliphatic hydroxyl groups excluding tert-OH is 2. The molecule has 0 spiro atoms. The van der Waals surface area contributed by atoms with E-state index in [1.165, 1.54) is 6.42 Å². The molecule has 0 aromatic heterocycles. The van der Waals surface area contributed by atoms with Gasteiger partial charge in [-0.15, -0.1) is 0 Å². The first-order valence-electron chi connectivity index (χ1n) is 5.29. The summed E-state index contributed by atoms with van der Waals surface area (Å²) < 4.78 is 5.80. The van der Waals surface area contributed by atoms with Gasteiger partial charge < -0.3 is 14.9 Å². The third-order valence-corrected chi connectivity index (χ3v) is 4.86. The zero-order valence-electron chi connectivity index (χ0n) is 7.34. The molecule has 72 valence electrons. The summed E-state index contributed by atoms with van der Waals surface area (Å²) in [5.41, 5.74) is 0. The van der Waals surface area contributed by atoms with E-state index >= 15 is 0 Å². The van der Waals surface area contributed by atoms with Crippen LogP contribution in [0.15, 0.2) is 0 Å². The second-order valence-electron chi connectivity index (χ2n) is 5.17. The minimum absolute atomic E-state index is 0.0394. The molecule has 4 aliphatic rings. The van der Waals surface area contributed by atoms with Crippen molar-refractivity contribution in [2.45, 2.75) is 37.3 Å². The van der Waals surface area contributed by atoms with E-state index in [9.17, 15) is 10.2 Å². The van der Waals surface area contributed by atoms with Crippen molar-refractivity contribution in [3.8, 4) is 0 Å². The molecule has 2 bridgehead atoms. The van der Waals surface area contributed by atoms with Crippen LogP contribution in [0.25, 0.3) is 0 Å². The molecule has 1 saturated heterocycles. The van der Waals surface area contributed by atoms with Crippen molar-refractivity contribution >= 4 is 0 Å². The highest BCUT2D eigenvalue weighted by atomic mass is 16.5. The molecule has 4 fully saturated rings. The van der Waals surface area contributed by atoms with Crippen molar-refractivity contribution < 1.29 is 14.9 Å². The first kappa shape index (κ1) is 7.21. The topological polar surface area (TPSA) is 49.7 Å². The predicted octanol–water partition coefficient (Wildman–Crippen LogP) is -0.239. The predicted molar refractivity (Wildman–Crippen MR) is 43.9 cm³/mol. The number of hydrogen-bond acceptors (Lipinski definition) is 3. The van der Waals surface area contributed by atoms with Crippen LogP contribution in [-0.2, 0) is 4.74 Å². The maximum absolute atomic E-state index is 9.86. The maximum Gasteiger partial charge on any atom is 0.107 e. The first-order chi connectivity index (χ1) is 6.27. The molecule has 1 aliphatic heterocycles. The Balaban J connectivity index is 1.84. The molecule has 0 aromatic carbocycles. The average molecular weight is 182 g/mol. The molecule has 3 saturated carbocycles. The fraction of sp³-hybridized carbons (Fsp3) is 1.00. The Morgan fingerprint density at radius 1 is 1.00 bits per heavy atom. The summed E-state index contributed by atoms with van der Waals surface area (Å²) >= 11 is 0. The number of ether oxygens (including phenoxy) is 1. The van der Waals surface area contributed by atoms with Crippen LogP contribution in [0.2, 0.25) is 0 Å². The Morgan fingerprint density at radius 3 is 2.69 bits per heavy atom. The van der Waals surface area contributed by atoms with Crippen molar-refractivity contribution in [1.29, 1.82) is 0 Å². The van der Waals surface area contributed by atoms with E-state index in [0.717, 1.165) is 6.42 Å². The molecular weight excluding hydrogens is 168 g/mol. The maximum atomic E-state index is 9.86. The minimum atomic E-state index is -0.606. The van der Waals surface area contributed by atoms with E-state index < -0.39 is 12.2 Å². The second kappa shape index (κ2) is 1.95. The van der Waals surface area contributed by atoms with Gasteiger partial charge >= 0.3 is 0 Å². The van der Waals surface area contributed by atoms with Gasteiger partial charge in [0.1, 0.15) is 6.10 Å². The molecule has 13 heavy (non-hydrogen) atoms. The minimum Gasteiger partial charge on any atom is -0.390 e. The fourth-order valence-electron chi connectivity index (χ4n) is 4.54. The molecule has 3 aliphatic carbocycles. The standard InChI is InChI=1S/C10H14O3/c11-8-6-3-1-4-5(2-3)13-10(7(4)6)9(8)12/h3-12H,1-2H2/t3-,4+,5-,6+,7-,8-,9-,10-/m1/s1. The molecule has 1 heterocycles. The number of hydrogen-bond donors (Lipinski definition) is 2. The monoisotopic (exact) mass is 182 g/mol. The quantitative estimate of drug-likeness (QED) is 0.543. The van der Waals surface area contributed by atoms with Crippen molar-refractivity contribution in [2.24, 2.45) is 23.7 Å². The van der Waals surface area contributed by atoms with Crippen LogP contribution >= 0.6 is 0 Å². The van der Waals surface area contributed by atoms with Crippen LogP contribution < -0.4 is 0 Å². The number of rotatable bonds is 0. The van der Waals surface area contributed by atoms with E-state index in [1.807, 2.05) is 0 Å². The summed E-state index contributed by atoms with van der Waals surface area (Å²) in [6.45, 7) is 0. The highest BCUT2D eigenvalue weighted by molar-refractivity contribution is 5.17. The van der Waals surface area contributed by atoms with Gasteiger partial charge in [-0.25, -0.2) is 0 Å². The molecule has 0 radical (unpaired) electrons. The molecule has 2 N–H and O–H groups in total. The van der Waals surface area contributed by atoms with E-state index in [1.54, 1.807) is 0 Å². The molecule has 0 amide bonds. The van der Waals surface area contributed by atoms with Gasteiger partial charge in [0.15, 0.2) is 0 Å². The summed E-state index contributed by atoms with van der Waals surface area (Å²) in [7, 11) is 0. The normalized spacial score (nSPS) is 72.5. The van der Waals surface area contributed by atoms with Gasteiger partial charge in [0, 0.05) is 0 Å². The Labute approximate surface area is 76.7 Å². The van der Waals surface area contributed by atoms with Gasteiger partial charge in [0.25, 0.3) is 0 Å². The SMILES string of the molecule is O[C@@H]1[C@H](O)[C@H]2[C@@H]3C[C@@H]4[C@H]2[C@H]1O[C@@H]4C3. The van der Waals surface area contributed by atoms with Crippen LogP contribution in [0.5, 0.6) is 0 Å². The van der Waals surface area contributed by atoms with E-state index in [0.29, 0.717) is 29.8 Å². The summed E-state index contributed by atoms with van der Waals surface area (Å²) in [5.74, 6) is 2.13. The van der Waals surface area contributed by atoms with Gasteiger partial charge in [-0.3, -0.25) is 0 Å². The summed E-state index contributed by atoms with van der Waals surface area (Å²) in [5, 5.41) is 19.6. The van der Waals surface area contributed by atoms with E-state index in [4.69, 9.17) is 4.74 Å². The Morgan fingerprint density at radius 2 is 1.85 bits per heavy atom. The Bertz CT molecular complexity index is 263.